The minimum absolute atomic E-state index is 0.201. The Morgan fingerprint density at radius 2 is 1.06 bits per heavy atom. The Balaban J connectivity index is 1.43. The van der Waals surface area contributed by atoms with Crippen LogP contribution < -0.4 is 0 Å². The van der Waals surface area contributed by atoms with Crippen LogP contribution in [0.15, 0.2) is 78.9 Å². The molecule has 0 bridgehead atoms. The molecule has 0 amide bonds. The molecule has 3 aromatic rings. The summed E-state index contributed by atoms with van der Waals surface area (Å²) in [5, 5.41) is 0.201. The van der Waals surface area contributed by atoms with Crippen molar-refractivity contribution in [2.75, 3.05) is 0 Å². The molecular formula is C30H38O3Si. The molecule has 0 N–H and O–H groups in total. The minimum atomic E-state index is -1.76. The zero-order valence-electron chi connectivity index (χ0n) is 21.3. The van der Waals surface area contributed by atoms with Crippen LogP contribution in [-0.4, -0.2) is 14.1 Å². The van der Waals surface area contributed by atoms with Crippen molar-refractivity contribution in [2.45, 2.75) is 71.6 Å². The number of carbonyl (C=O) groups is 1. The van der Waals surface area contributed by atoms with Crippen molar-refractivity contribution >= 4 is 14.1 Å². The van der Waals surface area contributed by atoms with Gasteiger partial charge in [-0.15, -0.1) is 0 Å². The lowest BCUT2D eigenvalue weighted by Crippen LogP contribution is -2.40. The van der Waals surface area contributed by atoms with Crippen LogP contribution in [0, 0.1) is 0 Å². The predicted octanol–water partition coefficient (Wildman–Crippen LogP) is 7.28. The monoisotopic (exact) mass is 474 g/mol. The topological polar surface area (TPSA) is 35.5 Å². The maximum Gasteiger partial charge on any atom is 0.192 e. The van der Waals surface area contributed by atoms with Crippen molar-refractivity contribution in [1.29, 1.82) is 0 Å². The molecule has 0 atom stereocenters. The van der Waals surface area contributed by atoms with Gasteiger partial charge in [-0.05, 0) is 45.9 Å². The van der Waals surface area contributed by atoms with E-state index in [-0.39, 0.29) is 10.8 Å². The van der Waals surface area contributed by atoms with E-state index in [4.69, 9.17) is 9.16 Å². The quantitative estimate of drug-likeness (QED) is 0.274. The Morgan fingerprint density at radius 1 is 0.647 bits per heavy atom. The number of benzene rings is 3. The van der Waals surface area contributed by atoms with Gasteiger partial charge in [-0.25, -0.2) is 0 Å². The molecule has 0 aliphatic heterocycles. The maximum absolute atomic E-state index is 12.6. The van der Waals surface area contributed by atoms with Gasteiger partial charge in [0.15, 0.2) is 8.32 Å². The zero-order valence-corrected chi connectivity index (χ0v) is 22.3. The van der Waals surface area contributed by atoms with Gasteiger partial charge in [0.25, 0.3) is 0 Å². The third kappa shape index (κ3) is 8.05. The number of Topliss-reactive ketones (excluding diaryl/α,β-unsaturated/α-hetero) is 1. The Morgan fingerprint density at radius 3 is 1.53 bits per heavy atom. The Kier molecular flexibility index (Phi) is 9.01. The highest BCUT2D eigenvalue weighted by Gasteiger charge is 2.36. The van der Waals surface area contributed by atoms with E-state index < -0.39 is 8.32 Å². The molecule has 0 unspecified atom stereocenters. The number of hydrogen-bond donors (Lipinski definition) is 0. The lowest BCUT2D eigenvalue weighted by atomic mass is 10.0. The summed E-state index contributed by atoms with van der Waals surface area (Å²) in [5.74, 6) is 0.221. The molecule has 0 radical (unpaired) electrons. The van der Waals surface area contributed by atoms with Gasteiger partial charge in [0.1, 0.15) is 5.78 Å². The van der Waals surface area contributed by atoms with E-state index in [0.29, 0.717) is 32.7 Å². The van der Waals surface area contributed by atoms with E-state index in [2.05, 4.69) is 70.3 Å². The maximum atomic E-state index is 12.6. The van der Waals surface area contributed by atoms with E-state index in [1.807, 2.05) is 42.5 Å². The largest absolute Gasteiger partial charge is 0.413 e. The highest BCUT2D eigenvalue weighted by atomic mass is 28.4. The smallest absolute Gasteiger partial charge is 0.192 e. The Hall–Kier alpha value is -2.53. The first-order valence-electron chi connectivity index (χ1n) is 12.1. The van der Waals surface area contributed by atoms with E-state index in [0.717, 1.165) is 22.3 Å². The molecule has 0 aliphatic rings. The molecule has 4 heteroatoms. The highest BCUT2D eigenvalue weighted by molar-refractivity contribution is 6.74. The fourth-order valence-electron chi connectivity index (χ4n) is 3.37. The molecule has 0 heterocycles. The summed E-state index contributed by atoms with van der Waals surface area (Å²) in [6.45, 7) is 13.1. The molecule has 3 rings (SSSR count). The van der Waals surface area contributed by atoms with Crippen LogP contribution in [-0.2, 0) is 46.6 Å². The summed E-state index contributed by atoms with van der Waals surface area (Å²) in [4.78, 5) is 12.6. The molecule has 0 fully saturated rings. The second kappa shape index (κ2) is 11.7. The van der Waals surface area contributed by atoms with E-state index in [1.54, 1.807) is 0 Å². The third-order valence-corrected chi connectivity index (χ3v) is 11.1. The van der Waals surface area contributed by atoms with Gasteiger partial charge in [0.2, 0.25) is 0 Å². The standard InChI is InChI=1S/C30H38O3Si/c1-30(2,3)34(4,5)33-23-28-17-13-25(14-18-28)20-29(31)19-24-11-15-27(16-12-24)22-32-21-26-9-7-6-8-10-26/h6-18H,19-23H2,1-5H3. The molecule has 0 saturated heterocycles. The van der Waals surface area contributed by atoms with Gasteiger partial charge in [0, 0.05) is 12.8 Å². The molecule has 0 saturated carbocycles. The average Bonchev–Trinajstić information content (AvgIpc) is 2.80. The van der Waals surface area contributed by atoms with Crippen molar-refractivity contribution < 1.29 is 14.0 Å². The van der Waals surface area contributed by atoms with Crippen LogP contribution in [0.25, 0.3) is 0 Å². The second-order valence-electron chi connectivity index (χ2n) is 10.6. The average molecular weight is 475 g/mol. The zero-order chi connectivity index (χ0) is 24.6. The number of carbonyl (C=O) groups excluding carboxylic acids is 1. The van der Waals surface area contributed by atoms with Crippen molar-refractivity contribution in [1.82, 2.24) is 0 Å². The van der Waals surface area contributed by atoms with Crippen molar-refractivity contribution in [3.63, 3.8) is 0 Å². The van der Waals surface area contributed by atoms with Crippen LogP contribution in [0.2, 0.25) is 18.1 Å². The summed E-state index contributed by atoms with van der Waals surface area (Å²) in [6.07, 6.45) is 0.896. The van der Waals surface area contributed by atoms with Gasteiger partial charge in [0.05, 0.1) is 19.8 Å². The van der Waals surface area contributed by atoms with Crippen LogP contribution in [0.5, 0.6) is 0 Å². The minimum Gasteiger partial charge on any atom is -0.413 e. The molecule has 180 valence electrons. The first-order chi connectivity index (χ1) is 16.1. The summed E-state index contributed by atoms with van der Waals surface area (Å²) < 4.78 is 12.1. The normalized spacial score (nSPS) is 12.0. The van der Waals surface area contributed by atoms with E-state index in [1.165, 1.54) is 5.56 Å². The number of hydrogen-bond acceptors (Lipinski definition) is 3. The molecule has 3 nitrogen and oxygen atoms in total. The van der Waals surface area contributed by atoms with Gasteiger partial charge in [-0.2, -0.15) is 0 Å². The first kappa shape index (κ1) is 26.1. The number of rotatable bonds is 11. The Bertz CT molecular complexity index is 1030. The third-order valence-electron chi connectivity index (χ3n) is 6.63. The highest BCUT2D eigenvalue weighted by Crippen LogP contribution is 2.37. The molecular weight excluding hydrogens is 436 g/mol. The fourth-order valence-corrected chi connectivity index (χ4v) is 4.33. The molecule has 0 spiro atoms. The van der Waals surface area contributed by atoms with Crippen LogP contribution in [0.4, 0.5) is 0 Å². The Labute approximate surface area is 206 Å². The summed E-state index contributed by atoms with van der Waals surface area (Å²) >= 11 is 0. The van der Waals surface area contributed by atoms with E-state index >= 15 is 0 Å². The van der Waals surface area contributed by atoms with Gasteiger partial charge in [-0.3, -0.25) is 4.79 Å². The van der Waals surface area contributed by atoms with Crippen molar-refractivity contribution in [3.05, 3.63) is 107 Å². The SMILES string of the molecule is CC(C)(C)[Si](C)(C)OCc1ccc(CC(=O)Cc2ccc(COCc3ccccc3)cc2)cc1. The predicted molar refractivity (Wildman–Crippen MR) is 142 cm³/mol. The van der Waals surface area contributed by atoms with Gasteiger partial charge < -0.3 is 9.16 Å². The van der Waals surface area contributed by atoms with E-state index in [9.17, 15) is 4.79 Å². The summed E-state index contributed by atoms with van der Waals surface area (Å²) in [5.41, 5.74) is 5.53. The lowest BCUT2D eigenvalue weighted by molar-refractivity contribution is -0.117. The first-order valence-corrected chi connectivity index (χ1v) is 15.0. The lowest BCUT2D eigenvalue weighted by Gasteiger charge is -2.36. The molecule has 0 aromatic heterocycles. The fraction of sp³-hybridized carbons (Fsp3) is 0.367. The van der Waals surface area contributed by atoms with Gasteiger partial charge >= 0.3 is 0 Å². The summed E-state index contributed by atoms with van der Waals surface area (Å²) in [7, 11) is -1.76. The molecule has 3 aromatic carbocycles. The summed E-state index contributed by atoms with van der Waals surface area (Å²) in [6, 6.07) is 26.6. The number of ether oxygens (including phenoxy) is 1. The van der Waals surface area contributed by atoms with Crippen molar-refractivity contribution in [3.8, 4) is 0 Å². The molecule has 0 aliphatic carbocycles. The van der Waals surface area contributed by atoms with Gasteiger partial charge in [-0.1, -0.05) is 99.6 Å². The van der Waals surface area contributed by atoms with Crippen LogP contribution in [0.1, 0.15) is 48.6 Å². The second-order valence-corrected chi connectivity index (χ2v) is 15.4. The van der Waals surface area contributed by atoms with Crippen LogP contribution in [0.3, 0.4) is 0 Å². The molecule has 34 heavy (non-hydrogen) atoms. The number of ketones is 1. The van der Waals surface area contributed by atoms with Crippen molar-refractivity contribution in [2.24, 2.45) is 0 Å². The van der Waals surface area contributed by atoms with Crippen LogP contribution >= 0.6 is 0 Å².